The van der Waals surface area contributed by atoms with Crippen LogP contribution in [0.4, 0.5) is 4.39 Å². The summed E-state index contributed by atoms with van der Waals surface area (Å²) in [6.45, 7) is 1.81. The number of rotatable bonds is 4. The van der Waals surface area contributed by atoms with Gasteiger partial charge in [-0.1, -0.05) is 23.4 Å². The molecular weight excluding hydrogens is 273 g/mol. The Morgan fingerprint density at radius 2 is 2.14 bits per heavy atom. The van der Waals surface area contributed by atoms with Crippen molar-refractivity contribution in [1.29, 1.82) is 0 Å². The maximum atomic E-state index is 13.9. The number of halogens is 1. The largest absolute Gasteiger partial charge is 0.338 e. The average Bonchev–Trinajstić information content (AvgIpc) is 3.12. The third kappa shape index (κ3) is 2.18. The van der Waals surface area contributed by atoms with Crippen LogP contribution in [0.1, 0.15) is 37.2 Å². The summed E-state index contributed by atoms with van der Waals surface area (Å²) < 4.78 is 13.9. The van der Waals surface area contributed by atoms with Crippen LogP contribution < -0.4 is 0 Å². The number of H-pyrrole nitrogens is 1. The van der Waals surface area contributed by atoms with Crippen molar-refractivity contribution in [2.45, 2.75) is 31.2 Å². The second kappa shape index (κ2) is 4.91. The fraction of sp³-hybridized carbons (Fsp3) is 0.429. The number of likely N-dealkylation sites (N-methyl/N-ethyl adjacent to an activating group) is 1. The van der Waals surface area contributed by atoms with Crippen molar-refractivity contribution in [2.24, 2.45) is 0 Å². The molecule has 0 radical (unpaired) electrons. The quantitative estimate of drug-likeness (QED) is 0.927. The highest BCUT2D eigenvalue weighted by Crippen LogP contribution is 2.48. The lowest BCUT2D eigenvalue weighted by Crippen LogP contribution is -2.39. The van der Waals surface area contributed by atoms with E-state index >= 15 is 0 Å². The van der Waals surface area contributed by atoms with Gasteiger partial charge in [0, 0.05) is 12.6 Å². The lowest BCUT2D eigenvalue weighted by Gasteiger charge is -2.28. The SMILES string of the molecule is CC(c1ccccc1F)N(C)C(=O)C1(c2nn[nH]n2)CC1. The number of hydrogen-bond donors (Lipinski definition) is 1. The molecule has 1 amide bonds. The lowest BCUT2D eigenvalue weighted by atomic mass is 10.0. The summed E-state index contributed by atoms with van der Waals surface area (Å²) in [5, 5.41) is 13.8. The third-order valence-corrected chi connectivity index (χ3v) is 4.19. The number of hydrogen-bond acceptors (Lipinski definition) is 4. The van der Waals surface area contributed by atoms with Gasteiger partial charge < -0.3 is 4.90 Å². The summed E-state index contributed by atoms with van der Waals surface area (Å²) in [6.07, 6.45) is 1.39. The lowest BCUT2D eigenvalue weighted by molar-refractivity contribution is -0.134. The maximum absolute atomic E-state index is 13.9. The molecule has 0 spiro atoms. The van der Waals surface area contributed by atoms with Crippen LogP contribution in [-0.4, -0.2) is 38.5 Å². The van der Waals surface area contributed by atoms with E-state index in [4.69, 9.17) is 0 Å². The predicted octanol–water partition coefficient (Wildman–Crippen LogP) is 1.59. The molecule has 0 saturated heterocycles. The van der Waals surface area contributed by atoms with Crippen LogP contribution in [0.2, 0.25) is 0 Å². The Bertz CT molecular complexity index is 653. The zero-order chi connectivity index (χ0) is 15.0. The van der Waals surface area contributed by atoms with Crippen molar-refractivity contribution >= 4 is 5.91 Å². The van der Waals surface area contributed by atoms with E-state index in [9.17, 15) is 9.18 Å². The minimum absolute atomic E-state index is 0.0975. The van der Waals surface area contributed by atoms with Crippen molar-refractivity contribution in [3.8, 4) is 0 Å². The Hall–Kier alpha value is -2.31. The van der Waals surface area contributed by atoms with Crippen molar-refractivity contribution in [2.75, 3.05) is 7.05 Å². The molecule has 2 aromatic rings. The van der Waals surface area contributed by atoms with Crippen LogP contribution in [-0.2, 0) is 10.2 Å². The normalized spacial score (nSPS) is 17.3. The Kier molecular flexibility index (Phi) is 3.19. The van der Waals surface area contributed by atoms with Gasteiger partial charge in [0.15, 0.2) is 5.82 Å². The minimum Gasteiger partial charge on any atom is -0.338 e. The standard InChI is InChI=1S/C14H16FN5O/c1-9(10-5-3-4-6-11(10)15)20(2)13(21)14(7-8-14)12-16-18-19-17-12/h3-6,9H,7-8H2,1-2H3,(H,16,17,18,19). The van der Waals surface area contributed by atoms with Gasteiger partial charge in [-0.05, 0) is 25.8 Å². The van der Waals surface area contributed by atoms with Crippen LogP contribution in [0.25, 0.3) is 0 Å². The van der Waals surface area contributed by atoms with Crippen LogP contribution in [0.15, 0.2) is 24.3 Å². The molecule has 1 heterocycles. The smallest absolute Gasteiger partial charge is 0.236 e. The summed E-state index contributed by atoms with van der Waals surface area (Å²) in [5.74, 6) is 0.00814. The van der Waals surface area contributed by atoms with E-state index in [2.05, 4.69) is 20.6 Å². The number of aromatic amines is 1. The molecule has 110 valence electrons. The highest BCUT2D eigenvalue weighted by molar-refractivity contribution is 5.90. The molecule has 1 saturated carbocycles. The summed E-state index contributed by atoms with van der Waals surface area (Å²) in [4.78, 5) is 14.3. The fourth-order valence-corrected chi connectivity index (χ4v) is 2.56. The molecule has 1 aromatic heterocycles. The zero-order valence-corrected chi connectivity index (χ0v) is 11.9. The molecule has 0 bridgehead atoms. The van der Waals surface area contributed by atoms with Gasteiger partial charge >= 0.3 is 0 Å². The average molecular weight is 289 g/mol. The van der Waals surface area contributed by atoms with Crippen molar-refractivity contribution in [1.82, 2.24) is 25.5 Å². The Labute approximate surface area is 121 Å². The molecular formula is C14H16FN5O. The molecule has 1 aliphatic carbocycles. The molecule has 1 aliphatic rings. The van der Waals surface area contributed by atoms with E-state index in [1.54, 1.807) is 30.1 Å². The number of amides is 1. The number of benzene rings is 1. The Balaban J connectivity index is 1.84. The number of aromatic nitrogens is 4. The summed E-state index contributed by atoms with van der Waals surface area (Å²) in [5.41, 5.74) is -0.196. The Morgan fingerprint density at radius 1 is 1.43 bits per heavy atom. The van der Waals surface area contributed by atoms with Crippen LogP contribution >= 0.6 is 0 Å². The number of tetrazole rings is 1. The first-order chi connectivity index (χ1) is 10.1. The van der Waals surface area contributed by atoms with Crippen molar-refractivity contribution in [3.05, 3.63) is 41.5 Å². The fourth-order valence-electron chi connectivity index (χ4n) is 2.56. The van der Waals surface area contributed by atoms with Gasteiger partial charge in [-0.15, -0.1) is 10.2 Å². The monoisotopic (exact) mass is 289 g/mol. The van der Waals surface area contributed by atoms with E-state index in [1.807, 2.05) is 6.92 Å². The third-order valence-electron chi connectivity index (χ3n) is 4.19. The van der Waals surface area contributed by atoms with Crippen LogP contribution in [0, 0.1) is 5.82 Å². The first kappa shape index (κ1) is 13.7. The van der Waals surface area contributed by atoms with E-state index < -0.39 is 5.41 Å². The van der Waals surface area contributed by atoms with Crippen LogP contribution in [0.5, 0.6) is 0 Å². The molecule has 1 atom stereocenters. The van der Waals surface area contributed by atoms with Gasteiger partial charge in [-0.3, -0.25) is 4.79 Å². The van der Waals surface area contributed by atoms with Gasteiger partial charge in [0.05, 0.1) is 6.04 Å². The van der Waals surface area contributed by atoms with Crippen LogP contribution in [0.3, 0.4) is 0 Å². The molecule has 1 N–H and O–H groups in total. The van der Waals surface area contributed by atoms with Gasteiger partial charge in [0.2, 0.25) is 5.91 Å². The molecule has 7 heteroatoms. The second-order valence-electron chi connectivity index (χ2n) is 5.43. The predicted molar refractivity (Wildman–Crippen MR) is 72.7 cm³/mol. The summed E-state index contributed by atoms with van der Waals surface area (Å²) in [6, 6.07) is 6.13. The van der Waals surface area contributed by atoms with E-state index in [1.165, 1.54) is 6.07 Å². The van der Waals surface area contributed by atoms with E-state index in [0.717, 1.165) is 0 Å². The highest BCUT2D eigenvalue weighted by Gasteiger charge is 2.56. The molecule has 3 rings (SSSR count). The minimum atomic E-state index is -0.693. The first-order valence-electron chi connectivity index (χ1n) is 6.82. The number of carbonyl (C=O) groups is 1. The summed E-state index contributed by atoms with van der Waals surface area (Å²) in [7, 11) is 1.68. The van der Waals surface area contributed by atoms with E-state index in [0.29, 0.717) is 24.2 Å². The Morgan fingerprint density at radius 3 is 2.71 bits per heavy atom. The second-order valence-corrected chi connectivity index (χ2v) is 5.43. The highest BCUT2D eigenvalue weighted by atomic mass is 19.1. The van der Waals surface area contributed by atoms with Gasteiger partial charge in [0.1, 0.15) is 11.2 Å². The molecule has 21 heavy (non-hydrogen) atoms. The van der Waals surface area contributed by atoms with Crippen molar-refractivity contribution in [3.63, 3.8) is 0 Å². The van der Waals surface area contributed by atoms with Gasteiger partial charge in [-0.2, -0.15) is 5.21 Å². The number of nitrogens with one attached hydrogen (secondary N) is 1. The van der Waals surface area contributed by atoms with E-state index in [-0.39, 0.29) is 17.8 Å². The molecule has 1 unspecified atom stereocenters. The van der Waals surface area contributed by atoms with Gasteiger partial charge in [0.25, 0.3) is 0 Å². The van der Waals surface area contributed by atoms with Crippen molar-refractivity contribution < 1.29 is 9.18 Å². The molecule has 1 aromatic carbocycles. The molecule has 1 fully saturated rings. The number of nitrogens with zero attached hydrogens (tertiary/aromatic N) is 4. The molecule has 6 nitrogen and oxygen atoms in total. The topological polar surface area (TPSA) is 74.8 Å². The zero-order valence-electron chi connectivity index (χ0n) is 11.9. The maximum Gasteiger partial charge on any atom is 0.236 e. The summed E-state index contributed by atoms with van der Waals surface area (Å²) >= 11 is 0. The first-order valence-corrected chi connectivity index (χ1v) is 6.82. The molecule has 0 aliphatic heterocycles. The number of carbonyl (C=O) groups excluding carboxylic acids is 1. The van der Waals surface area contributed by atoms with Gasteiger partial charge in [-0.25, -0.2) is 4.39 Å².